The second-order valence-electron chi connectivity index (χ2n) is 5.01. The van der Waals surface area contributed by atoms with E-state index in [4.69, 9.17) is 4.74 Å². The Morgan fingerprint density at radius 3 is 2.42 bits per heavy atom. The molecule has 2 heteroatoms. The van der Waals surface area contributed by atoms with Crippen LogP contribution in [0.3, 0.4) is 0 Å². The molecule has 0 radical (unpaired) electrons. The van der Waals surface area contributed by atoms with Crippen LogP contribution in [0.1, 0.15) is 33.6 Å². The fourth-order valence-corrected chi connectivity index (χ4v) is 3.08. The van der Waals surface area contributed by atoms with Crippen LogP contribution in [-0.4, -0.2) is 23.4 Å². The van der Waals surface area contributed by atoms with Gasteiger partial charge in [0.25, 0.3) is 0 Å². The van der Waals surface area contributed by atoms with Gasteiger partial charge < -0.3 is 9.84 Å². The third kappa shape index (κ3) is 0.826. The van der Waals surface area contributed by atoms with E-state index in [2.05, 4.69) is 20.8 Å². The summed E-state index contributed by atoms with van der Waals surface area (Å²) in [5, 5.41) is 9.31. The van der Waals surface area contributed by atoms with E-state index in [1.807, 2.05) is 0 Å². The highest BCUT2D eigenvalue weighted by Crippen LogP contribution is 2.57. The lowest BCUT2D eigenvalue weighted by molar-refractivity contribution is -0.00545. The van der Waals surface area contributed by atoms with Crippen molar-refractivity contribution < 1.29 is 9.84 Å². The molecule has 1 N–H and O–H groups in total. The number of rotatable bonds is 1. The predicted octanol–water partition coefficient (Wildman–Crippen LogP) is 1.57. The zero-order valence-electron chi connectivity index (χ0n) is 8.13. The molecule has 2 rings (SSSR count). The van der Waals surface area contributed by atoms with Crippen molar-refractivity contribution in [3.63, 3.8) is 0 Å². The maximum absolute atomic E-state index is 9.31. The molecule has 0 spiro atoms. The summed E-state index contributed by atoms with van der Waals surface area (Å²) in [6, 6.07) is 0. The lowest BCUT2D eigenvalue weighted by Gasteiger charge is -2.37. The number of aliphatic hydroxyl groups excluding tert-OH is 1. The number of hydrogen-bond acceptors (Lipinski definition) is 2. The summed E-state index contributed by atoms with van der Waals surface area (Å²) < 4.78 is 5.92. The molecule has 2 fully saturated rings. The maximum Gasteiger partial charge on any atom is 0.0715 e. The van der Waals surface area contributed by atoms with Crippen LogP contribution in [0.25, 0.3) is 0 Å². The van der Waals surface area contributed by atoms with Gasteiger partial charge in [0, 0.05) is 12.5 Å². The van der Waals surface area contributed by atoms with Gasteiger partial charge in [0.1, 0.15) is 0 Å². The molecule has 2 bridgehead atoms. The average Bonchev–Trinajstić information content (AvgIpc) is 2.39. The van der Waals surface area contributed by atoms with Crippen molar-refractivity contribution in [3.05, 3.63) is 0 Å². The highest BCUT2D eigenvalue weighted by Gasteiger charge is 2.60. The summed E-state index contributed by atoms with van der Waals surface area (Å²) in [5.41, 5.74) is 0.130. The van der Waals surface area contributed by atoms with Gasteiger partial charge in [-0.15, -0.1) is 0 Å². The summed E-state index contributed by atoms with van der Waals surface area (Å²) >= 11 is 0. The molecule has 2 aliphatic heterocycles. The van der Waals surface area contributed by atoms with Gasteiger partial charge in [0.05, 0.1) is 11.7 Å². The minimum Gasteiger partial charge on any atom is -0.396 e. The van der Waals surface area contributed by atoms with Crippen LogP contribution >= 0.6 is 0 Å². The molecule has 2 aliphatic rings. The first kappa shape index (κ1) is 8.52. The fraction of sp³-hybridized carbons (Fsp3) is 1.00. The van der Waals surface area contributed by atoms with Crippen molar-refractivity contribution in [2.75, 3.05) is 6.61 Å². The molecule has 2 heterocycles. The Bertz CT molecular complexity index is 195. The molecule has 2 nitrogen and oxygen atoms in total. The first-order valence-corrected chi connectivity index (χ1v) is 4.79. The van der Waals surface area contributed by atoms with E-state index >= 15 is 0 Å². The van der Waals surface area contributed by atoms with Crippen LogP contribution in [0, 0.1) is 11.3 Å². The molecule has 12 heavy (non-hydrogen) atoms. The Morgan fingerprint density at radius 1 is 1.42 bits per heavy atom. The minimum absolute atomic E-state index is 0.0388. The van der Waals surface area contributed by atoms with Gasteiger partial charge in [0.2, 0.25) is 0 Å². The fourth-order valence-electron chi connectivity index (χ4n) is 3.08. The number of ether oxygens (including phenoxy) is 1. The van der Waals surface area contributed by atoms with Crippen LogP contribution < -0.4 is 0 Å². The molecule has 0 aromatic rings. The highest BCUT2D eigenvalue weighted by molar-refractivity contribution is 5.08. The van der Waals surface area contributed by atoms with E-state index in [9.17, 15) is 5.11 Å². The Balaban J connectivity index is 2.31. The number of fused-ring (bicyclic) bond motifs is 2. The molecule has 70 valence electrons. The van der Waals surface area contributed by atoms with Gasteiger partial charge in [0.15, 0.2) is 0 Å². The molecule has 0 saturated carbocycles. The molecule has 0 aliphatic carbocycles. The predicted molar refractivity (Wildman–Crippen MR) is 46.9 cm³/mol. The van der Waals surface area contributed by atoms with E-state index in [0.29, 0.717) is 12.0 Å². The SMILES string of the molecule is CC12CCC(O1)C(C)(C)C2CO. The van der Waals surface area contributed by atoms with Gasteiger partial charge in [-0.25, -0.2) is 0 Å². The monoisotopic (exact) mass is 170 g/mol. The summed E-state index contributed by atoms with van der Waals surface area (Å²) in [7, 11) is 0. The smallest absolute Gasteiger partial charge is 0.0715 e. The number of hydrogen-bond donors (Lipinski definition) is 1. The summed E-state index contributed by atoms with van der Waals surface area (Å²) in [6.07, 6.45) is 2.66. The molecule has 0 amide bonds. The Hall–Kier alpha value is -0.0800. The largest absolute Gasteiger partial charge is 0.396 e. The van der Waals surface area contributed by atoms with E-state index in [-0.39, 0.29) is 17.6 Å². The molecule has 0 aromatic heterocycles. The van der Waals surface area contributed by atoms with E-state index in [1.54, 1.807) is 0 Å². The third-order valence-electron chi connectivity index (χ3n) is 3.96. The van der Waals surface area contributed by atoms with Crippen molar-refractivity contribution in [1.29, 1.82) is 0 Å². The van der Waals surface area contributed by atoms with Gasteiger partial charge in [-0.3, -0.25) is 0 Å². The average molecular weight is 170 g/mol. The van der Waals surface area contributed by atoms with Crippen molar-refractivity contribution in [3.8, 4) is 0 Å². The molecule has 2 saturated heterocycles. The van der Waals surface area contributed by atoms with Crippen LogP contribution in [0.5, 0.6) is 0 Å². The lowest BCUT2D eigenvalue weighted by atomic mass is 9.64. The molecule has 3 unspecified atom stereocenters. The second-order valence-corrected chi connectivity index (χ2v) is 5.01. The maximum atomic E-state index is 9.31. The van der Waals surface area contributed by atoms with Gasteiger partial charge >= 0.3 is 0 Å². The first-order chi connectivity index (χ1) is 5.50. The van der Waals surface area contributed by atoms with Crippen LogP contribution in [0.15, 0.2) is 0 Å². The first-order valence-electron chi connectivity index (χ1n) is 4.79. The standard InChI is InChI=1S/C10H18O2/c1-9(2)7(6-11)10(3)5-4-8(9)12-10/h7-8,11H,4-6H2,1-3H3. The van der Waals surface area contributed by atoms with Crippen molar-refractivity contribution >= 4 is 0 Å². The highest BCUT2D eigenvalue weighted by atomic mass is 16.5. The molecule has 3 atom stereocenters. The lowest BCUT2D eigenvalue weighted by Crippen LogP contribution is -2.42. The summed E-state index contributed by atoms with van der Waals surface area (Å²) in [4.78, 5) is 0. The third-order valence-corrected chi connectivity index (χ3v) is 3.96. The van der Waals surface area contributed by atoms with E-state index in [1.165, 1.54) is 6.42 Å². The Morgan fingerprint density at radius 2 is 2.08 bits per heavy atom. The minimum atomic E-state index is -0.0388. The van der Waals surface area contributed by atoms with Crippen LogP contribution in [-0.2, 0) is 4.74 Å². The Labute approximate surface area is 73.9 Å². The molecular weight excluding hydrogens is 152 g/mol. The quantitative estimate of drug-likeness (QED) is 0.647. The normalized spacial score (nSPS) is 50.0. The zero-order valence-corrected chi connectivity index (χ0v) is 8.13. The number of aliphatic hydroxyl groups is 1. The van der Waals surface area contributed by atoms with E-state index < -0.39 is 0 Å². The molecular formula is C10H18O2. The van der Waals surface area contributed by atoms with Crippen molar-refractivity contribution in [2.24, 2.45) is 11.3 Å². The van der Waals surface area contributed by atoms with Gasteiger partial charge in [-0.05, 0) is 25.2 Å². The zero-order chi connectivity index (χ0) is 8.98. The summed E-state index contributed by atoms with van der Waals surface area (Å²) in [6.45, 7) is 6.83. The van der Waals surface area contributed by atoms with Crippen molar-refractivity contribution in [2.45, 2.75) is 45.3 Å². The Kier molecular flexibility index (Phi) is 1.59. The van der Waals surface area contributed by atoms with Crippen LogP contribution in [0.2, 0.25) is 0 Å². The van der Waals surface area contributed by atoms with Gasteiger partial charge in [-0.2, -0.15) is 0 Å². The van der Waals surface area contributed by atoms with Gasteiger partial charge in [-0.1, -0.05) is 13.8 Å². The second kappa shape index (κ2) is 2.24. The topological polar surface area (TPSA) is 29.5 Å². The van der Waals surface area contributed by atoms with E-state index in [0.717, 1.165) is 6.42 Å². The van der Waals surface area contributed by atoms with Crippen molar-refractivity contribution in [1.82, 2.24) is 0 Å². The van der Waals surface area contributed by atoms with Crippen LogP contribution in [0.4, 0.5) is 0 Å². The summed E-state index contributed by atoms with van der Waals surface area (Å²) in [5.74, 6) is 0.323. The molecule has 0 aromatic carbocycles.